The minimum absolute atomic E-state index is 0. The molecule has 0 aromatic heterocycles. The van der Waals surface area contributed by atoms with Crippen LogP contribution in [-0.4, -0.2) is 116 Å². The van der Waals surface area contributed by atoms with E-state index in [0.29, 0.717) is 13.2 Å². The van der Waals surface area contributed by atoms with Gasteiger partial charge in [0.2, 0.25) is 0 Å². The van der Waals surface area contributed by atoms with Crippen molar-refractivity contribution >= 4 is 124 Å². The van der Waals surface area contributed by atoms with Crippen molar-refractivity contribution in [3.8, 4) is 11.5 Å². The van der Waals surface area contributed by atoms with E-state index in [4.69, 9.17) is 9.47 Å². The van der Waals surface area contributed by atoms with Gasteiger partial charge in [0.05, 0.1) is 0 Å². The molecule has 0 heterocycles. The summed E-state index contributed by atoms with van der Waals surface area (Å²) >= 11 is 0. The second-order valence-electron chi connectivity index (χ2n) is 18.4. The average Bonchev–Trinajstić information content (AvgIpc) is 3.28. The topological polar surface area (TPSA) is 18.5 Å². The third-order valence-corrected chi connectivity index (χ3v) is 13.1. The van der Waals surface area contributed by atoms with Crippen molar-refractivity contribution in [2.75, 3.05) is 13.2 Å². The first-order chi connectivity index (χ1) is 29.8. The predicted octanol–water partition coefficient (Wildman–Crippen LogP) is 18.3. The molecule has 0 bridgehead atoms. The summed E-state index contributed by atoms with van der Waals surface area (Å²) < 4.78 is 13.3. The second kappa shape index (κ2) is 40.4. The fraction of sp³-hybridized carbons (Fsp3) is 0.655. The Kier molecular flexibility index (Phi) is 38.0. The minimum Gasteiger partial charge on any atom is -0.489 e. The van der Waals surface area contributed by atoms with Gasteiger partial charge in [0, 0.05) is 114 Å². The molecule has 0 saturated carbocycles. The maximum atomic E-state index is 6.67. The van der Waals surface area contributed by atoms with Crippen LogP contribution in [0.3, 0.4) is 0 Å². The molecular formula is C58H90K2O2. The van der Waals surface area contributed by atoms with Crippen LogP contribution in [0.5, 0.6) is 11.5 Å². The van der Waals surface area contributed by atoms with Gasteiger partial charge in [-0.25, -0.2) is 0 Å². The van der Waals surface area contributed by atoms with Gasteiger partial charge in [0.1, 0.15) is 24.7 Å². The van der Waals surface area contributed by atoms with Gasteiger partial charge in [-0.1, -0.05) is 279 Å². The van der Waals surface area contributed by atoms with Crippen molar-refractivity contribution in [1.29, 1.82) is 0 Å². The van der Waals surface area contributed by atoms with Crippen LogP contribution < -0.4 is 9.47 Å². The minimum atomic E-state index is 0. The first-order valence-corrected chi connectivity index (χ1v) is 26.1. The number of ether oxygens (including phenoxy) is 2. The van der Waals surface area contributed by atoms with E-state index in [0.717, 1.165) is 24.3 Å². The number of fused-ring (bicyclic) bond motifs is 2. The van der Waals surface area contributed by atoms with Gasteiger partial charge in [-0.2, -0.15) is 0 Å². The smallest absolute Gasteiger partial charge is 0.130 e. The van der Waals surface area contributed by atoms with Gasteiger partial charge in [-0.3, -0.25) is 0 Å². The van der Waals surface area contributed by atoms with E-state index in [1.807, 2.05) is 0 Å². The fourth-order valence-electron chi connectivity index (χ4n) is 9.33. The molecule has 4 aromatic carbocycles. The van der Waals surface area contributed by atoms with Crippen LogP contribution in [0.1, 0.15) is 230 Å². The zero-order chi connectivity index (χ0) is 42.0. The molecule has 0 fully saturated rings. The molecule has 0 unspecified atom stereocenters. The summed E-state index contributed by atoms with van der Waals surface area (Å²) in [6, 6.07) is 26.6. The Morgan fingerprint density at radius 2 is 0.548 bits per heavy atom. The van der Waals surface area contributed by atoms with E-state index in [2.05, 4.69) is 86.6 Å². The number of rotatable bonds is 39. The molecule has 0 aliphatic heterocycles. The molecule has 62 heavy (non-hydrogen) atoms. The number of unbranched alkanes of at least 4 members (excludes halogenated alkanes) is 30. The number of hydrogen-bond acceptors (Lipinski definition) is 2. The van der Waals surface area contributed by atoms with Gasteiger partial charge in [0.15, 0.2) is 0 Å². The van der Waals surface area contributed by atoms with E-state index in [1.165, 1.54) is 238 Å². The Balaban J connectivity index is 0.00000661. The first kappa shape index (κ1) is 58.4. The summed E-state index contributed by atoms with van der Waals surface area (Å²) in [5.74, 6) is 2.12. The average molecular weight is 898 g/mol. The van der Waals surface area contributed by atoms with Crippen LogP contribution in [0.4, 0.5) is 0 Å². The van der Waals surface area contributed by atoms with Crippen molar-refractivity contribution in [3.63, 3.8) is 0 Å². The van der Waals surface area contributed by atoms with Gasteiger partial charge in [-0.05, 0) is 47.6 Å². The standard InChI is InChI=1S/C58H90O2.2K/c1-3-5-7-9-11-13-15-17-19-21-23-25-27-29-31-33-41-53-47-45-51-39-35-37-43-55(51)57(53)59-49-50-60-58-54(48-46-52-40-36-38-44-56(52)58)42-34-32-30-28-26-24-22-20-18-16-14-12-10-8-6-4-2;;/h35-40,43-48H,3-34,41-42,49-50H2,1-2H3;;. The summed E-state index contributed by atoms with van der Waals surface area (Å²) in [5.41, 5.74) is 2.68. The van der Waals surface area contributed by atoms with Crippen LogP contribution in [0.2, 0.25) is 0 Å². The Morgan fingerprint density at radius 1 is 0.290 bits per heavy atom. The molecule has 0 amide bonds. The molecule has 2 nitrogen and oxygen atoms in total. The summed E-state index contributed by atoms with van der Waals surface area (Å²) in [7, 11) is 0. The maximum Gasteiger partial charge on any atom is 0.130 e. The molecule has 0 saturated heterocycles. The van der Waals surface area contributed by atoms with Gasteiger partial charge < -0.3 is 9.47 Å². The molecule has 4 heteroatoms. The maximum absolute atomic E-state index is 6.67. The van der Waals surface area contributed by atoms with E-state index in [1.54, 1.807) is 0 Å². The predicted molar refractivity (Wildman–Crippen MR) is 277 cm³/mol. The van der Waals surface area contributed by atoms with E-state index in [-0.39, 0.29) is 103 Å². The molecule has 0 N–H and O–H groups in total. The third-order valence-electron chi connectivity index (χ3n) is 13.1. The SMILES string of the molecule is CCCCCCCCCCCCCCCCCCc1ccc2ccccc2c1OCCOc1c(CCCCCCCCCCCCCCCCCC)ccc2ccccc12.[K].[K]. The Labute approximate surface area is 468 Å². The quantitative estimate of drug-likeness (QED) is 0.0328. The zero-order valence-electron chi connectivity index (χ0n) is 41.2. The zero-order valence-corrected chi connectivity index (χ0v) is 47.4. The molecule has 4 aromatic rings. The van der Waals surface area contributed by atoms with Crippen LogP contribution >= 0.6 is 0 Å². The molecule has 336 valence electrons. The number of hydrogen-bond donors (Lipinski definition) is 0. The third kappa shape index (κ3) is 25.4. The van der Waals surface area contributed by atoms with Gasteiger partial charge >= 0.3 is 0 Å². The Morgan fingerprint density at radius 3 is 0.839 bits per heavy atom. The molecule has 0 aliphatic carbocycles. The van der Waals surface area contributed by atoms with Crippen LogP contribution in [0.15, 0.2) is 72.8 Å². The normalized spacial score (nSPS) is 11.2. The van der Waals surface area contributed by atoms with Crippen molar-refractivity contribution in [3.05, 3.63) is 83.9 Å². The number of benzene rings is 4. The first-order valence-electron chi connectivity index (χ1n) is 26.1. The van der Waals surface area contributed by atoms with E-state index in [9.17, 15) is 0 Å². The van der Waals surface area contributed by atoms with Crippen LogP contribution in [0.25, 0.3) is 21.5 Å². The van der Waals surface area contributed by atoms with Gasteiger partial charge in [-0.15, -0.1) is 0 Å². The molecule has 0 spiro atoms. The largest absolute Gasteiger partial charge is 0.489 e. The molecule has 0 atom stereocenters. The van der Waals surface area contributed by atoms with Gasteiger partial charge in [0.25, 0.3) is 0 Å². The summed E-state index contributed by atoms with van der Waals surface area (Å²) in [4.78, 5) is 0. The summed E-state index contributed by atoms with van der Waals surface area (Å²) in [6.45, 7) is 5.69. The Hall–Kier alpha value is 0.273. The van der Waals surface area contributed by atoms with E-state index < -0.39 is 0 Å². The number of aryl methyl sites for hydroxylation is 2. The molecular weight excluding hydrogens is 807 g/mol. The van der Waals surface area contributed by atoms with E-state index >= 15 is 0 Å². The van der Waals surface area contributed by atoms with Crippen molar-refractivity contribution in [1.82, 2.24) is 0 Å². The summed E-state index contributed by atoms with van der Waals surface area (Å²) in [5, 5.41) is 4.94. The second-order valence-corrected chi connectivity index (χ2v) is 18.4. The monoisotopic (exact) mass is 897 g/mol. The molecule has 0 aliphatic rings. The summed E-state index contributed by atoms with van der Waals surface area (Å²) in [6.07, 6.45) is 47.0. The molecule has 4 rings (SSSR count). The molecule has 2 radical (unpaired) electrons. The fourth-order valence-corrected chi connectivity index (χ4v) is 9.33. The van der Waals surface area contributed by atoms with Crippen LogP contribution in [0, 0.1) is 0 Å². The Bertz CT molecular complexity index is 1510. The van der Waals surface area contributed by atoms with Crippen molar-refractivity contribution in [2.24, 2.45) is 0 Å². The van der Waals surface area contributed by atoms with Crippen molar-refractivity contribution < 1.29 is 9.47 Å². The van der Waals surface area contributed by atoms with Crippen molar-refractivity contribution in [2.45, 2.75) is 232 Å². The van der Waals surface area contributed by atoms with Crippen LogP contribution in [-0.2, 0) is 12.8 Å².